The molecule has 12 atom stereocenters. The van der Waals surface area contributed by atoms with Crippen LogP contribution in [0, 0.1) is 0 Å². The predicted molar refractivity (Wildman–Crippen MR) is 134 cm³/mol. The highest BCUT2D eigenvalue weighted by Gasteiger charge is 2.50. The maximum absolute atomic E-state index is 10.8. The average Bonchev–Trinajstić information content (AvgIpc) is 2.92. The summed E-state index contributed by atoms with van der Waals surface area (Å²) >= 11 is 0. The molecule has 0 aromatic heterocycles. The minimum atomic E-state index is -1.27. The van der Waals surface area contributed by atoms with Crippen molar-refractivity contribution in [2.24, 2.45) is 0 Å². The van der Waals surface area contributed by atoms with E-state index in [0.29, 0.717) is 24.2 Å². The molecule has 1 aromatic carbocycles. The number of para-hydroxylation sites is 2. The van der Waals surface area contributed by atoms with E-state index in [2.05, 4.69) is 10.6 Å². The van der Waals surface area contributed by atoms with Crippen molar-refractivity contribution in [1.82, 2.24) is 0 Å². The van der Waals surface area contributed by atoms with Crippen LogP contribution in [0.2, 0.25) is 0 Å². The molecule has 12 heteroatoms. The number of rotatable bonds is 8. The lowest BCUT2D eigenvalue weighted by Gasteiger charge is -2.47. The quantitative estimate of drug-likeness (QED) is 0.271. The van der Waals surface area contributed by atoms with Crippen LogP contribution in [-0.4, -0.2) is 108 Å². The number of ether oxygens (including phenoxy) is 6. The zero-order chi connectivity index (χ0) is 26.8. The highest BCUT2D eigenvalue weighted by atomic mass is 16.7. The predicted octanol–water partition coefficient (Wildman–Crippen LogP) is 0.487. The largest absolute Gasteiger partial charge is 0.387 e. The van der Waals surface area contributed by atoms with Crippen molar-refractivity contribution in [1.29, 1.82) is 0 Å². The van der Waals surface area contributed by atoms with Crippen LogP contribution in [0.3, 0.4) is 0 Å². The summed E-state index contributed by atoms with van der Waals surface area (Å²) in [6.45, 7) is 4.51. The van der Waals surface area contributed by atoms with Crippen LogP contribution >= 0.6 is 0 Å². The second kappa shape index (κ2) is 12.3. The number of anilines is 2. The van der Waals surface area contributed by atoms with E-state index < -0.39 is 73.9 Å². The molecule has 12 nitrogen and oxygen atoms in total. The van der Waals surface area contributed by atoms with Crippen LogP contribution in [0.25, 0.3) is 0 Å². The lowest BCUT2D eigenvalue weighted by molar-refractivity contribution is -0.322. The Labute approximate surface area is 222 Å². The number of nitrogens with one attached hydrogen (secondary N) is 2. The van der Waals surface area contributed by atoms with Crippen molar-refractivity contribution in [3.63, 3.8) is 0 Å². The molecule has 4 aliphatic rings. The molecule has 4 aliphatic heterocycles. The fraction of sp³-hybridized carbons (Fsp3) is 0.769. The summed E-state index contributed by atoms with van der Waals surface area (Å²) in [4.78, 5) is 0. The molecule has 0 saturated carbocycles. The van der Waals surface area contributed by atoms with E-state index in [0.717, 1.165) is 12.8 Å². The third kappa shape index (κ3) is 5.80. The summed E-state index contributed by atoms with van der Waals surface area (Å²) in [5.41, 5.74) is 1.07. The lowest BCUT2D eigenvalue weighted by Crippen LogP contribution is -2.64. The minimum absolute atomic E-state index is 0.239. The molecule has 4 heterocycles. The Hall–Kier alpha value is -1.58. The van der Waals surface area contributed by atoms with E-state index in [1.807, 2.05) is 13.8 Å². The molecular weight excluding hydrogens is 500 g/mol. The molecule has 4 fully saturated rings. The second-order valence-corrected chi connectivity index (χ2v) is 10.3. The molecule has 0 aliphatic carbocycles. The zero-order valence-corrected chi connectivity index (χ0v) is 21.7. The second-order valence-electron chi connectivity index (χ2n) is 10.3. The summed E-state index contributed by atoms with van der Waals surface area (Å²) in [6.07, 6.45) is -7.04. The number of benzene rings is 1. The summed E-state index contributed by atoms with van der Waals surface area (Å²) in [5, 5.41) is 49.5. The van der Waals surface area contributed by atoms with E-state index in [1.54, 1.807) is 24.3 Å². The lowest BCUT2D eigenvalue weighted by atomic mass is 9.96. The van der Waals surface area contributed by atoms with E-state index in [9.17, 15) is 20.4 Å². The van der Waals surface area contributed by atoms with Gasteiger partial charge in [0.1, 0.15) is 48.8 Å². The molecule has 0 amide bonds. The van der Waals surface area contributed by atoms with Gasteiger partial charge in [-0.3, -0.25) is 0 Å². The van der Waals surface area contributed by atoms with Gasteiger partial charge in [0, 0.05) is 0 Å². The van der Waals surface area contributed by atoms with Gasteiger partial charge in [0.25, 0.3) is 0 Å². The van der Waals surface area contributed by atoms with Crippen LogP contribution in [0.1, 0.15) is 39.5 Å². The monoisotopic (exact) mass is 540 g/mol. The molecular formula is C26H40N2O10. The molecule has 4 saturated heterocycles. The first-order valence-corrected chi connectivity index (χ1v) is 13.6. The highest BCUT2D eigenvalue weighted by molar-refractivity contribution is 5.69. The normalized spacial score (nSPS) is 43.1. The molecule has 38 heavy (non-hydrogen) atoms. The van der Waals surface area contributed by atoms with Crippen molar-refractivity contribution in [3.05, 3.63) is 24.3 Å². The first kappa shape index (κ1) is 28.0. The van der Waals surface area contributed by atoms with Gasteiger partial charge in [0.15, 0.2) is 25.0 Å². The molecule has 0 radical (unpaired) electrons. The Morgan fingerprint density at radius 2 is 1.08 bits per heavy atom. The van der Waals surface area contributed by atoms with Gasteiger partial charge in [0.2, 0.25) is 0 Å². The van der Waals surface area contributed by atoms with Gasteiger partial charge in [-0.15, -0.1) is 0 Å². The van der Waals surface area contributed by atoms with Crippen molar-refractivity contribution < 1.29 is 48.8 Å². The van der Waals surface area contributed by atoms with Gasteiger partial charge >= 0.3 is 0 Å². The molecule has 0 spiro atoms. The Morgan fingerprint density at radius 1 is 0.658 bits per heavy atom. The van der Waals surface area contributed by atoms with Crippen molar-refractivity contribution >= 4 is 11.4 Å². The van der Waals surface area contributed by atoms with Gasteiger partial charge in [0.05, 0.1) is 24.6 Å². The van der Waals surface area contributed by atoms with Gasteiger partial charge < -0.3 is 59.5 Å². The number of aliphatic hydroxyl groups is 4. The van der Waals surface area contributed by atoms with Crippen LogP contribution in [0.15, 0.2) is 24.3 Å². The standard InChI is InChI=1S/C26H40N2O10/c1-3-7-17-33-11-15-23(37-17)19(29)21(31)25(35-15)27-13-9-5-6-10-14(13)28-26-22(32)20(30)24-16(36-26)12-34-18(38-24)8-4-2/h5-6,9-10,15-32H,3-4,7-8,11-12H2,1-2H3/t15-,16-,17?,18?,19-,20-,21-,22-,23-,24-,25-,26-/m1/s1. The fourth-order valence-corrected chi connectivity index (χ4v) is 5.37. The maximum Gasteiger partial charge on any atom is 0.158 e. The molecule has 1 aromatic rings. The summed E-state index contributed by atoms with van der Waals surface area (Å²) in [5.74, 6) is 0. The highest BCUT2D eigenvalue weighted by Crippen LogP contribution is 2.34. The average molecular weight is 541 g/mol. The molecule has 6 N–H and O–H groups in total. The Kier molecular flexibility index (Phi) is 9.05. The van der Waals surface area contributed by atoms with Gasteiger partial charge in [-0.05, 0) is 25.0 Å². The SMILES string of the molecule is CCCC1OC[C@H]2O[C@@H](Nc3ccccc3N[C@@H]3O[C@@H]4COC(CCC)O[C@H]4[C@H](O)[C@H]3O)[C@H](O)[C@@H](O)[C@@H]2O1. The van der Waals surface area contributed by atoms with Crippen LogP contribution in [0.5, 0.6) is 0 Å². The Morgan fingerprint density at radius 3 is 1.47 bits per heavy atom. The fourth-order valence-electron chi connectivity index (χ4n) is 5.37. The topological polar surface area (TPSA) is 160 Å². The van der Waals surface area contributed by atoms with E-state index in [-0.39, 0.29) is 13.2 Å². The van der Waals surface area contributed by atoms with Crippen LogP contribution in [0.4, 0.5) is 11.4 Å². The first-order valence-electron chi connectivity index (χ1n) is 13.6. The molecule has 0 bridgehead atoms. The third-order valence-corrected chi connectivity index (χ3v) is 7.45. The van der Waals surface area contributed by atoms with E-state index in [4.69, 9.17) is 28.4 Å². The third-order valence-electron chi connectivity index (χ3n) is 7.45. The van der Waals surface area contributed by atoms with Gasteiger partial charge in [-0.25, -0.2) is 0 Å². The van der Waals surface area contributed by atoms with Crippen LogP contribution < -0.4 is 10.6 Å². The molecule has 214 valence electrons. The van der Waals surface area contributed by atoms with Crippen LogP contribution in [-0.2, 0) is 28.4 Å². The zero-order valence-electron chi connectivity index (χ0n) is 21.7. The molecule has 5 rings (SSSR count). The van der Waals surface area contributed by atoms with Gasteiger partial charge in [-0.2, -0.15) is 0 Å². The summed E-state index contributed by atoms with van der Waals surface area (Å²) in [7, 11) is 0. The molecule has 2 unspecified atom stereocenters. The number of hydrogen-bond donors (Lipinski definition) is 6. The van der Waals surface area contributed by atoms with E-state index in [1.165, 1.54) is 0 Å². The Balaban J connectivity index is 1.24. The number of hydrogen-bond acceptors (Lipinski definition) is 12. The summed E-state index contributed by atoms with van der Waals surface area (Å²) in [6, 6.07) is 7.12. The number of fused-ring (bicyclic) bond motifs is 2. The van der Waals surface area contributed by atoms with E-state index >= 15 is 0 Å². The Bertz CT molecular complexity index is 836. The number of aliphatic hydroxyl groups excluding tert-OH is 4. The first-order chi connectivity index (χ1) is 18.4. The van der Waals surface area contributed by atoms with Crippen molar-refractivity contribution in [2.75, 3.05) is 23.8 Å². The smallest absolute Gasteiger partial charge is 0.158 e. The van der Waals surface area contributed by atoms with Crippen molar-refractivity contribution in [2.45, 2.75) is 113 Å². The van der Waals surface area contributed by atoms with Gasteiger partial charge in [-0.1, -0.05) is 38.8 Å². The summed E-state index contributed by atoms with van der Waals surface area (Å²) < 4.78 is 35.2. The maximum atomic E-state index is 10.8. The van der Waals surface area contributed by atoms with Crippen molar-refractivity contribution in [3.8, 4) is 0 Å². The minimum Gasteiger partial charge on any atom is -0.387 e.